The molecule has 104 valence electrons. The van der Waals surface area contributed by atoms with Gasteiger partial charge in [0.15, 0.2) is 5.78 Å². The second-order valence-electron chi connectivity index (χ2n) is 5.67. The van der Waals surface area contributed by atoms with Crippen molar-refractivity contribution in [2.24, 2.45) is 5.92 Å². The van der Waals surface area contributed by atoms with Gasteiger partial charge >= 0.3 is 0 Å². The number of carbonyl (C=O) groups excluding carboxylic acids is 1. The van der Waals surface area contributed by atoms with Crippen molar-refractivity contribution in [3.05, 3.63) is 40.3 Å². The first-order valence-corrected chi connectivity index (χ1v) is 7.95. The molecule has 3 heteroatoms. The van der Waals surface area contributed by atoms with E-state index in [2.05, 4.69) is 18.2 Å². The molecule has 0 spiro atoms. The first kappa shape index (κ1) is 13.4. The average Bonchev–Trinajstić information content (AvgIpc) is 2.64. The first-order valence-electron chi connectivity index (χ1n) is 7.13. The van der Waals surface area contributed by atoms with Crippen LogP contribution >= 0.6 is 11.3 Å². The van der Waals surface area contributed by atoms with E-state index >= 15 is 0 Å². The molecule has 0 unspecified atom stereocenters. The maximum absolute atomic E-state index is 12.5. The Kier molecular flexibility index (Phi) is 3.38. The van der Waals surface area contributed by atoms with Crippen LogP contribution in [0, 0.1) is 5.92 Å². The van der Waals surface area contributed by atoms with E-state index in [4.69, 9.17) is 5.73 Å². The van der Waals surface area contributed by atoms with Crippen LogP contribution in [0.15, 0.2) is 24.3 Å². The van der Waals surface area contributed by atoms with Gasteiger partial charge in [0.25, 0.3) is 0 Å². The number of benzene rings is 1. The van der Waals surface area contributed by atoms with Gasteiger partial charge in [-0.3, -0.25) is 4.79 Å². The molecule has 0 saturated heterocycles. The van der Waals surface area contributed by atoms with Crippen molar-refractivity contribution in [3.8, 4) is 11.1 Å². The lowest BCUT2D eigenvalue weighted by molar-refractivity contribution is 0.0941. The third-order valence-corrected chi connectivity index (χ3v) is 4.99. The Morgan fingerprint density at radius 1 is 1.25 bits per heavy atom. The minimum Gasteiger partial charge on any atom is -0.390 e. The zero-order valence-corrected chi connectivity index (χ0v) is 12.7. The molecule has 2 aromatic rings. The molecule has 1 aromatic heterocycles. The highest BCUT2D eigenvalue weighted by Gasteiger charge is 2.27. The Labute approximate surface area is 123 Å². The fraction of sp³-hybridized carbons (Fsp3) is 0.353. The number of ketones is 1. The molecule has 0 saturated carbocycles. The molecule has 0 fully saturated rings. The standard InChI is InChI=1S/C17H19NOS/c1-10(2)16(19)15-14-12-8-4-3-6-11(12)7-5-9-13(14)20-17(15)18/h3-4,6,8,10H,5,7,9,18H2,1-2H3. The first-order chi connectivity index (χ1) is 9.59. The Hall–Kier alpha value is -1.61. The Balaban J connectivity index is 2.28. The summed E-state index contributed by atoms with van der Waals surface area (Å²) in [6, 6.07) is 8.42. The van der Waals surface area contributed by atoms with Crippen molar-refractivity contribution < 1.29 is 4.79 Å². The van der Waals surface area contributed by atoms with Crippen LogP contribution in [0.4, 0.5) is 5.00 Å². The Morgan fingerprint density at radius 2 is 2.00 bits per heavy atom. The third kappa shape index (κ3) is 2.06. The second-order valence-corrected chi connectivity index (χ2v) is 6.81. The van der Waals surface area contributed by atoms with E-state index in [-0.39, 0.29) is 11.7 Å². The minimum absolute atomic E-state index is 0.0218. The number of aryl methyl sites for hydroxylation is 2. The van der Waals surface area contributed by atoms with Crippen molar-refractivity contribution in [2.45, 2.75) is 33.1 Å². The monoisotopic (exact) mass is 285 g/mol. The summed E-state index contributed by atoms with van der Waals surface area (Å²) in [5.41, 5.74) is 10.6. The lowest BCUT2D eigenvalue weighted by atomic mass is 9.92. The van der Waals surface area contributed by atoms with Crippen molar-refractivity contribution >= 4 is 22.1 Å². The number of hydrogen-bond acceptors (Lipinski definition) is 3. The summed E-state index contributed by atoms with van der Waals surface area (Å²) in [6.45, 7) is 3.88. The highest BCUT2D eigenvalue weighted by Crippen LogP contribution is 2.43. The number of Topliss-reactive ketones (excluding diaryl/α,β-unsaturated/α-hetero) is 1. The molecule has 1 aliphatic carbocycles. The zero-order chi connectivity index (χ0) is 14.3. The van der Waals surface area contributed by atoms with Gasteiger partial charge in [-0.25, -0.2) is 0 Å². The summed E-state index contributed by atoms with van der Waals surface area (Å²) < 4.78 is 0. The molecular formula is C17H19NOS. The van der Waals surface area contributed by atoms with Gasteiger partial charge in [0.05, 0.1) is 10.6 Å². The molecule has 0 bridgehead atoms. The predicted octanol–water partition coefficient (Wildman–Crippen LogP) is 4.32. The molecule has 3 rings (SSSR count). The van der Waals surface area contributed by atoms with Crippen LogP contribution in [-0.2, 0) is 12.8 Å². The van der Waals surface area contributed by atoms with Gasteiger partial charge in [-0.15, -0.1) is 11.3 Å². The number of hydrogen-bond donors (Lipinski definition) is 1. The summed E-state index contributed by atoms with van der Waals surface area (Å²) in [5.74, 6) is 0.142. The molecule has 20 heavy (non-hydrogen) atoms. The number of fused-ring (bicyclic) bond motifs is 3. The van der Waals surface area contributed by atoms with Crippen molar-refractivity contribution in [3.63, 3.8) is 0 Å². The summed E-state index contributed by atoms with van der Waals surface area (Å²) >= 11 is 1.60. The number of nitrogens with two attached hydrogens (primary N) is 1. The van der Waals surface area contributed by atoms with E-state index in [1.165, 1.54) is 16.0 Å². The molecule has 0 radical (unpaired) electrons. The van der Waals surface area contributed by atoms with Crippen molar-refractivity contribution in [1.29, 1.82) is 0 Å². The normalized spacial score (nSPS) is 13.8. The fourth-order valence-electron chi connectivity index (χ4n) is 2.91. The van der Waals surface area contributed by atoms with Crippen LogP contribution in [0.1, 0.15) is 41.1 Å². The maximum atomic E-state index is 12.5. The van der Waals surface area contributed by atoms with E-state index in [0.29, 0.717) is 5.00 Å². The number of nitrogen functional groups attached to an aromatic ring is 1. The van der Waals surface area contributed by atoms with Gasteiger partial charge in [0, 0.05) is 16.4 Å². The fourth-order valence-corrected chi connectivity index (χ4v) is 4.04. The van der Waals surface area contributed by atoms with E-state index in [0.717, 1.165) is 30.4 Å². The summed E-state index contributed by atoms with van der Waals surface area (Å²) in [6.07, 6.45) is 3.22. The molecule has 0 amide bonds. The van der Waals surface area contributed by atoms with Gasteiger partial charge in [-0.1, -0.05) is 38.1 Å². The zero-order valence-electron chi connectivity index (χ0n) is 11.9. The second kappa shape index (κ2) is 5.06. The van der Waals surface area contributed by atoms with Crippen LogP contribution in [0.2, 0.25) is 0 Å². The number of anilines is 1. The molecule has 0 aliphatic heterocycles. The molecular weight excluding hydrogens is 266 g/mol. The van der Waals surface area contributed by atoms with Gasteiger partial charge in [0.1, 0.15) is 0 Å². The molecule has 1 aromatic carbocycles. The van der Waals surface area contributed by atoms with Crippen LogP contribution in [0.5, 0.6) is 0 Å². The van der Waals surface area contributed by atoms with Gasteiger partial charge in [0.2, 0.25) is 0 Å². The molecule has 0 atom stereocenters. The van der Waals surface area contributed by atoms with Gasteiger partial charge < -0.3 is 5.73 Å². The molecule has 1 heterocycles. The van der Waals surface area contributed by atoms with Gasteiger partial charge in [-0.2, -0.15) is 0 Å². The lowest BCUT2D eigenvalue weighted by Gasteiger charge is -2.11. The van der Waals surface area contributed by atoms with Crippen LogP contribution in [-0.4, -0.2) is 5.78 Å². The van der Waals surface area contributed by atoms with Crippen LogP contribution in [0.25, 0.3) is 11.1 Å². The smallest absolute Gasteiger partial charge is 0.168 e. The average molecular weight is 285 g/mol. The van der Waals surface area contributed by atoms with Gasteiger partial charge in [-0.05, 0) is 30.4 Å². The lowest BCUT2D eigenvalue weighted by Crippen LogP contribution is -2.10. The number of carbonyl (C=O) groups is 1. The van der Waals surface area contributed by atoms with E-state index in [1.54, 1.807) is 11.3 Å². The van der Waals surface area contributed by atoms with Crippen molar-refractivity contribution in [1.82, 2.24) is 0 Å². The summed E-state index contributed by atoms with van der Waals surface area (Å²) in [4.78, 5) is 13.8. The maximum Gasteiger partial charge on any atom is 0.168 e. The summed E-state index contributed by atoms with van der Waals surface area (Å²) in [7, 11) is 0. The number of thiophene rings is 1. The van der Waals surface area contributed by atoms with Crippen molar-refractivity contribution in [2.75, 3.05) is 5.73 Å². The minimum atomic E-state index is -0.0218. The Morgan fingerprint density at radius 3 is 2.75 bits per heavy atom. The van der Waals surface area contributed by atoms with E-state index in [9.17, 15) is 4.79 Å². The van der Waals surface area contributed by atoms with Crippen LogP contribution in [0.3, 0.4) is 0 Å². The number of rotatable bonds is 2. The van der Waals surface area contributed by atoms with E-state index < -0.39 is 0 Å². The molecule has 1 aliphatic rings. The third-order valence-electron chi connectivity index (χ3n) is 3.92. The quantitative estimate of drug-likeness (QED) is 0.835. The topological polar surface area (TPSA) is 43.1 Å². The highest BCUT2D eigenvalue weighted by molar-refractivity contribution is 7.17. The van der Waals surface area contributed by atoms with Crippen LogP contribution < -0.4 is 5.73 Å². The SMILES string of the molecule is CC(C)C(=O)c1c(N)sc2c1-c1ccccc1CCC2. The largest absolute Gasteiger partial charge is 0.390 e. The summed E-state index contributed by atoms with van der Waals surface area (Å²) in [5, 5.41) is 0.686. The Bertz CT molecular complexity index is 670. The predicted molar refractivity (Wildman–Crippen MR) is 85.4 cm³/mol. The molecule has 2 nitrogen and oxygen atoms in total. The van der Waals surface area contributed by atoms with E-state index in [1.807, 2.05) is 19.9 Å². The molecule has 2 N–H and O–H groups in total. The highest BCUT2D eigenvalue weighted by atomic mass is 32.1.